The number of hydrogen-bond acceptors (Lipinski definition) is 3. The summed E-state index contributed by atoms with van der Waals surface area (Å²) in [5.74, 6) is 0. The van der Waals surface area contributed by atoms with E-state index < -0.39 is 0 Å². The van der Waals surface area contributed by atoms with Crippen LogP contribution in [0, 0.1) is 0 Å². The molecule has 0 fully saturated rings. The third-order valence-corrected chi connectivity index (χ3v) is 12.5. The Hall–Kier alpha value is -7.36. The molecule has 0 saturated carbocycles. The van der Waals surface area contributed by atoms with Gasteiger partial charge in [-0.1, -0.05) is 141 Å². The van der Waals surface area contributed by atoms with E-state index in [0.717, 1.165) is 82.8 Å². The maximum Gasteiger partial charge on any atom is 0.159 e. The van der Waals surface area contributed by atoms with Crippen LogP contribution >= 0.6 is 0 Å². The second-order valence-electron chi connectivity index (χ2n) is 16.1. The smallest absolute Gasteiger partial charge is 0.159 e. The van der Waals surface area contributed by atoms with Crippen molar-refractivity contribution in [3.8, 4) is 33.4 Å². The molecule has 1 aliphatic carbocycles. The number of fused-ring (bicyclic) bond motifs is 11. The van der Waals surface area contributed by atoms with Gasteiger partial charge in [-0.25, -0.2) is 0 Å². The van der Waals surface area contributed by atoms with Crippen LogP contribution < -0.4 is 4.90 Å². The average Bonchev–Trinajstić information content (AvgIpc) is 3.92. The topological polar surface area (TPSA) is 29.5 Å². The van der Waals surface area contributed by atoms with Crippen LogP contribution in [0.25, 0.3) is 88.0 Å². The van der Waals surface area contributed by atoms with Crippen LogP contribution in [0.15, 0.2) is 197 Å². The van der Waals surface area contributed by atoms with E-state index in [4.69, 9.17) is 8.83 Å². The standard InChI is InChI=1S/C55H37NO2/c1-55(2)48-20-10-8-16-40(48)41-29-25-35(31-49(41)55)36-26-30-43-47-33-46(39-15-6-7-18-44(39)53(47)58-52(43)32-36)34-23-27-38(28-24-34)56(37-13-4-3-5-14-37)50-21-12-19-45-42-17-9-11-22-51(42)57-54(45)50/h3-33H,1-2H3. The minimum atomic E-state index is -0.0542. The third kappa shape index (κ3) is 4.80. The van der Waals surface area contributed by atoms with Crippen molar-refractivity contribution in [2.75, 3.05) is 4.90 Å². The second-order valence-corrected chi connectivity index (χ2v) is 16.1. The molecule has 0 amide bonds. The van der Waals surface area contributed by atoms with Gasteiger partial charge in [0.05, 0.1) is 5.69 Å². The maximum atomic E-state index is 6.79. The maximum absolute atomic E-state index is 6.79. The van der Waals surface area contributed by atoms with Gasteiger partial charge < -0.3 is 13.7 Å². The summed E-state index contributed by atoms with van der Waals surface area (Å²) in [5, 5.41) is 6.72. The summed E-state index contributed by atoms with van der Waals surface area (Å²) < 4.78 is 13.3. The number of benzene rings is 9. The molecule has 0 radical (unpaired) electrons. The Morgan fingerprint density at radius 3 is 1.83 bits per heavy atom. The Bertz CT molecular complexity index is 3420. The quantitative estimate of drug-likeness (QED) is 0.176. The molecule has 0 aliphatic heterocycles. The number of furan rings is 2. The predicted molar refractivity (Wildman–Crippen MR) is 242 cm³/mol. The molecule has 2 aromatic heterocycles. The van der Waals surface area contributed by atoms with Gasteiger partial charge in [-0.3, -0.25) is 0 Å². The van der Waals surface area contributed by atoms with Gasteiger partial charge in [-0.15, -0.1) is 0 Å². The first kappa shape index (κ1) is 32.8. The highest BCUT2D eigenvalue weighted by Gasteiger charge is 2.35. The molecule has 274 valence electrons. The minimum Gasteiger partial charge on any atom is -0.455 e. The molecule has 0 spiro atoms. The van der Waals surface area contributed by atoms with Crippen LogP contribution in [0.4, 0.5) is 17.1 Å². The Morgan fingerprint density at radius 2 is 0.966 bits per heavy atom. The van der Waals surface area contributed by atoms with Crippen LogP contribution in [-0.2, 0) is 5.41 Å². The number of anilines is 3. The normalized spacial score (nSPS) is 13.1. The largest absolute Gasteiger partial charge is 0.455 e. The molecule has 11 aromatic rings. The van der Waals surface area contributed by atoms with Gasteiger partial charge in [0.2, 0.25) is 0 Å². The van der Waals surface area contributed by atoms with Crippen molar-refractivity contribution in [1.82, 2.24) is 0 Å². The van der Waals surface area contributed by atoms with Crippen molar-refractivity contribution < 1.29 is 8.83 Å². The minimum absolute atomic E-state index is 0.0542. The molecule has 3 heteroatoms. The Labute approximate surface area is 336 Å². The van der Waals surface area contributed by atoms with Gasteiger partial charge in [0.15, 0.2) is 5.58 Å². The molecular formula is C55H37NO2. The van der Waals surface area contributed by atoms with Crippen LogP contribution in [0.3, 0.4) is 0 Å². The first-order valence-corrected chi connectivity index (χ1v) is 20.0. The lowest BCUT2D eigenvalue weighted by Crippen LogP contribution is -2.14. The molecule has 9 aromatic carbocycles. The van der Waals surface area contributed by atoms with Gasteiger partial charge in [0.25, 0.3) is 0 Å². The van der Waals surface area contributed by atoms with E-state index in [1.54, 1.807) is 0 Å². The fourth-order valence-corrected chi connectivity index (χ4v) is 9.60. The summed E-state index contributed by atoms with van der Waals surface area (Å²) in [6, 6.07) is 67.5. The van der Waals surface area contributed by atoms with Crippen molar-refractivity contribution in [1.29, 1.82) is 0 Å². The molecule has 0 N–H and O–H groups in total. The van der Waals surface area contributed by atoms with Crippen molar-refractivity contribution >= 4 is 71.7 Å². The Morgan fingerprint density at radius 1 is 0.362 bits per heavy atom. The zero-order chi connectivity index (χ0) is 38.5. The fraction of sp³-hybridized carbons (Fsp3) is 0.0545. The van der Waals surface area contributed by atoms with Crippen molar-refractivity contribution in [3.05, 3.63) is 199 Å². The summed E-state index contributed by atoms with van der Waals surface area (Å²) in [5.41, 5.74) is 16.7. The van der Waals surface area contributed by atoms with E-state index in [9.17, 15) is 0 Å². The van der Waals surface area contributed by atoms with Crippen LogP contribution in [-0.4, -0.2) is 0 Å². The van der Waals surface area contributed by atoms with Gasteiger partial charge >= 0.3 is 0 Å². The lowest BCUT2D eigenvalue weighted by molar-refractivity contribution is 0.660. The van der Waals surface area contributed by atoms with Gasteiger partial charge in [-0.2, -0.15) is 0 Å². The zero-order valence-electron chi connectivity index (χ0n) is 32.2. The highest BCUT2D eigenvalue weighted by Crippen LogP contribution is 2.50. The first-order chi connectivity index (χ1) is 28.5. The van der Waals surface area contributed by atoms with Gasteiger partial charge in [-0.05, 0) is 111 Å². The van der Waals surface area contributed by atoms with E-state index in [1.165, 1.54) is 33.4 Å². The fourth-order valence-electron chi connectivity index (χ4n) is 9.60. The average molecular weight is 744 g/mol. The van der Waals surface area contributed by atoms with E-state index in [1.807, 2.05) is 12.1 Å². The molecule has 1 aliphatic rings. The van der Waals surface area contributed by atoms with Crippen molar-refractivity contribution in [2.24, 2.45) is 0 Å². The molecule has 2 heterocycles. The first-order valence-electron chi connectivity index (χ1n) is 20.0. The van der Waals surface area contributed by atoms with Crippen LogP contribution in [0.2, 0.25) is 0 Å². The SMILES string of the molecule is CC1(C)c2ccccc2-c2ccc(-c3ccc4c(c3)oc3c5ccccc5c(-c5ccc(N(c6ccccc6)c6cccc7c6oc6ccccc67)cc5)cc43)cc21. The highest BCUT2D eigenvalue weighted by atomic mass is 16.3. The van der Waals surface area contributed by atoms with Gasteiger partial charge in [0, 0.05) is 43.7 Å². The molecule has 0 unspecified atom stereocenters. The van der Waals surface area contributed by atoms with E-state index in [0.29, 0.717) is 0 Å². The number of para-hydroxylation sites is 3. The molecule has 58 heavy (non-hydrogen) atoms. The Kier molecular flexibility index (Phi) is 6.98. The lowest BCUT2D eigenvalue weighted by Gasteiger charge is -2.25. The monoisotopic (exact) mass is 743 g/mol. The van der Waals surface area contributed by atoms with E-state index in [-0.39, 0.29) is 5.41 Å². The number of hydrogen-bond donors (Lipinski definition) is 0. The summed E-state index contributed by atoms with van der Waals surface area (Å²) in [7, 11) is 0. The molecule has 12 rings (SSSR count). The molecule has 0 bridgehead atoms. The lowest BCUT2D eigenvalue weighted by atomic mass is 9.81. The Balaban J connectivity index is 0.964. The van der Waals surface area contributed by atoms with Gasteiger partial charge in [0.1, 0.15) is 16.7 Å². The summed E-state index contributed by atoms with van der Waals surface area (Å²) >= 11 is 0. The highest BCUT2D eigenvalue weighted by molar-refractivity contribution is 6.19. The van der Waals surface area contributed by atoms with Crippen LogP contribution in [0.5, 0.6) is 0 Å². The summed E-state index contributed by atoms with van der Waals surface area (Å²) in [4.78, 5) is 2.29. The zero-order valence-corrected chi connectivity index (χ0v) is 32.2. The summed E-state index contributed by atoms with van der Waals surface area (Å²) in [6.07, 6.45) is 0. The molecular weight excluding hydrogens is 707 g/mol. The van der Waals surface area contributed by atoms with Crippen molar-refractivity contribution in [3.63, 3.8) is 0 Å². The van der Waals surface area contributed by atoms with Crippen molar-refractivity contribution in [2.45, 2.75) is 19.3 Å². The summed E-state index contributed by atoms with van der Waals surface area (Å²) in [6.45, 7) is 4.67. The molecule has 3 nitrogen and oxygen atoms in total. The predicted octanol–water partition coefficient (Wildman–Crippen LogP) is 15.7. The second kappa shape index (κ2) is 12.3. The van der Waals surface area contributed by atoms with E-state index >= 15 is 0 Å². The van der Waals surface area contributed by atoms with Crippen LogP contribution in [0.1, 0.15) is 25.0 Å². The third-order valence-electron chi connectivity index (χ3n) is 12.5. The molecule has 0 saturated heterocycles. The van der Waals surface area contributed by atoms with E-state index in [2.05, 4.69) is 195 Å². The number of nitrogens with zero attached hydrogens (tertiary/aromatic N) is 1. The molecule has 0 atom stereocenters. The number of rotatable bonds is 5.